The molecule has 3 saturated heterocycles. The lowest BCUT2D eigenvalue weighted by molar-refractivity contribution is -0.157. The molecular formula is C21H29ClFN3O3. The molecule has 0 unspecified atom stereocenters. The van der Waals surface area contributed by atoms with Crippen molar-refractivity contribution in [2.75, 3.05) is 39.8 Å². The molecule has 3 heterocycles. The number of likely N-dealkylation sites (tertiary alicyclic amines) is 2. The SMILES string of the molecule is COC1(C(=O)N2C[C@@H]3CN(C(C)=O)[C@@H](c4cccc(F)c4)[C@@H]3C2)CCNCC1.Cl. The van der Waals surface area contributed by atoms with Gasteiger partial charge in [-0.2, -0.15) is 0 Å². The second-order valence-corrected chi connectivity index (χ2v) is 8.25. The predicted octanol–water partition coefficient (Wildman–Crippen LogP) is 1.99. The van der Waals surface area contributed by atoms with Gasteiger partial charge in [0, 0.05) is 45.5 Å². The van der Waals surface area contributed by atoms with Gasteiger partial charge in [-0.15, -0.1) is 12.4 Å². The van der Waals surface area contributed by atoms with Crippen molar-refractivity contribution in [1.29, 1.82) is 0 Å². The monoisotopic (exact) mass is 425 g/mol. The van der Waals surface area contributed by atoms with E-state index in [-0.39, 0.29) is 47.9 Å². The molecule has 1 aromatic rings. The highest BCUT2D eigenvalue weighted by Crippen LogP contribution is 2.46. The number of piperidine rings is 1. The summed E-state index contributed by atoms with van der Waals surface area (Å²) in [6.45, 7) is 4.90. The van der Waals surface area contributed by atoms with Gasteiger partial charge in [-0.05, 0) is 43.6 Å². The number of halogens is 2. The molecule has 0 spiro atoms. The second kappa shape index (κ2) is 8.58. The minimum atomic E-state index is -0.751. The van der Waals surface area contributed by atoms with Crippen LogP contribution in [0.2, 0.25) is 0 Å². The summed E-state index contributed by atoms with van der Waals surface area (Å²) >= 11 is 0. The molecule has 0 aliphatic carbocycles. The Kier molecular flexibility index (Phi) is 6.51. The van der Waals surface area contributed by atoms with Gasteiger partial charge in [0.25, 0.3) is 5.91 Å². The number of fused-ring (bicyclic) bond motifs is 1. The van der Waals surface area contributed by atoms with Crippen molar-refractivity contribution in [1.82, 2.24) is 15.1 Å². The van der Waals surface area contributed by atoms with Gasteiger partial charge in [0.15, 0.2) is 0 Å². The van der Waals surface area contributed by atoms with E-state index < -0.39 is 5.60 Å². The highest BCUT2D eigenvalue weighted by Gasteiger charge is 2.52. The average molecular weight is 426 g/mol. The fraction of sp³-hybridized carbons (Fsp3) is 0.619. The lowest BCUT2D eigenvalue weighted by atomic mass is 9.89. The molecule has 2 amide bonds. The molecule has 0 radical (unpaired) electrons. The number of methoxy groups -OCH3 is 1. The van der Waals surface area contributed by atoms with Crippen molar-refractivity contribution >= 4 is 24.2 Å². The molecule has 3 atom stereocenters. The quantitative estimate of drug-likeness (QED) is 0.804. The number of amides is 2. The summed E-state index contributed by atoms with van der Waals surface area (Å²) in [6, 6.07) is 6.29. The Morgan fingerprint density at radius 3 is 2.55 bits per heavy atom. The Labute approximate surface area is 177 Å². The number of benzene rings is 1. The molecule has 29 heavy (non-hydrogen) atoms. The number of nitrogens with one attached hydrogen (secondary N) is 1. The number of rotatable bonds is 3. The molecule has 3 fully saturated rings. The zero-order valence-electron chi connectivity index (χ0n) is 16.9. The number of ether oxygens (including phenoxy) is 1. The van der Waals surface area contributed by atoms with Crippen molar-refractivity contribution in [3.8, 4) is 0 Å². The highest BCUT2D eigenvalue weighted by atomic mass is 35.5. The van der Waals surface area contributed by atoms with Crippen LogP contribution >= 0.6 is 12.4 Å². The average Bonchev–Trinajstić information content (AvgIpc) is 3.26. The number of hydrogen-bond donors (Lipinski definition) is 1. The van der Waals surface area contributed by atoms with Gasteiger partial charge in [0.05, 0.1) is 6.04 Å². The summed E-state index contributed by atoms with van der Waals surface area (Å²) in [4.78, 5) is 29.3. The Morgan fingerprint density at radius 1 is 1.21 bits per heavy atom. The third kappa shape index (κ3) is 3.88. The van der Waals surface area contributed by atoms with E-state index in [0.717, 1.165) is 18.7 Å². The summed E-state index contributed by atoms with van der Waals surface area (Å²) in [5.41, 5.74) is 0.0544. The first-order chi connectivity index (χ1) is 13.4. The first-order valence-electron chi connectivity index (χ1n) is 10.0. The summed E-state index contributed by atoms with van der Waals surface area (Å²) in [5.74, 6) is 0.0666. The minimum Gasteiger partial charge on any atom is -0.368 e. The minimum absolute atomic E-state index is 0. The van der Waals surface area contributed by atoms with Crippen molar-refractivity contribution < 1.29 is 18.7 Å². The van der Waals surface area contributed by atoms with Gasteiger partial charge >= 0.3 is 0 Å². The molecule has 4 rings (SSSR count). The highest BCUT2D eigenvalue weighted by molar-refractivity contribution is 5.86. The molecule has 3 aliphatic rings. The first-order valence-corrected chi connectivity index (χ1v) is 10.0. The summed E-state index contributed by atoms with van der Waals surface area (Å²) in [5, 5.41) is 3.28. The van der Waals surface area contributed by atoms with Crippen LogP contribution in [0.4, 0.5) is 4.39 Å². The molecule has 6 nitrogen and oxygen atoms in total. The molecule has 3 aliphatic heterocycles. The summed E-state index contributed by atoms with van der Waals surface area (Å²) in [6.07, 6.45) is 1.34. The van der Waals surface area contributed by atoms with Crippen LogP contribution in [-0.4, -0.2) is 67.0 Å². The number of carbonyl (C=O) groups excluding carboxylic acids is 2. The van der Waals surface area contributed by atoms with Gasteiger partial charge in [-0.1, -0.05) is 12.1 Å². The van der Waals surface area contributed by atoms with Crippen LogP contribution in [0.1, 0.15) is 31.4 Å². The molecule has 8 heteroatoms. The third-order valence-electron chi connectivity index (χ3n) is 6.74. The third-order valence-corrected chi connectivity index (χ3v) is 6.74. The Balaban J connectivity index is 0.00000240. The van der Waals surface area contributed by atoms with Crippen LogP contribution in [0, 0.1) is 17.7 Å². The standard InChI is InChI=1S/C21H28FN3O3.ClH/c1-14(26)25-12-16-11-24(20(27)21(28-2)6-8-23-9-7-21)13-18(16)19(25)15-4-3-5-17(22)10-15;/h3-5,10,16,18-19,23H,6-9,11-13H2,1-2H3;1H/t16-,18-,19+;/m1./s1. The van der Waals surface area contributed by atoms with E-state index in [1.807, 2.05) is 15.9 Å². The van der Waals surface area contributed by atoms with Crippen LogP contribution in [0.5, 0.6) is 0 Å². The maximum Gasteiger partial charge on any atom is 0.254 e. The topological polar surface area (TPSA) is 61.9 Å². The van der Waals surface area contributed by atoms with E-state index in [9.17, 15) is 14.0 Å². The molecule has 1 aromatic carbocycles. The number of carbonyl (C=O) groups is 2. The van der Waals surface area contributed by atoms with Crippen molar-refractivity contribution in [3.63, 3.8) is 0 Å². The van der Waals surface area contributed by atoms with E-state index in [1.165, 1.54) is 12.1 Å². The van der Waals surface area contributed by atoms with Gasteiger partial charge in [-0.3, -0.25) is 9.59 Å². The predicted molar refractivity (Wildman–Crippen MR) is 109 cm³/mol. The summed E-state index contributed by atoms with van der Waals surface area (Å²) in [7, 11) is 1.62. The maximum absolute atomic E-state index is 13.8. The lowest BCUT2D eigenvalue weighted by Gasteiger charge is -2.38. The molecule has 0 bridgehead atoms. The zero-order chi connectivity index (χ0) is 19.9. The van der Waals surface area contributed by atoms with Gasteiger partial charge in [0.2, 0.25) is 5.91 Å². The van der Waals surface area contributed by atoms with Gasteiger partial charge in [-0.25, -0.2) is 4.39 Å². The van der Waals surface area contributed by atoms with Crippen LogP contribution in [0.25, 0.3) is 0 Å². The molecule has 0 saturated carbocycles. The van der Waals surface area contributed by atoms with Crippen LogP contribution in [0.15, 0.2) is 24.3 Å². The lowest BCUT2D eigenvalue weighted by Crippen LogP contribution is -2.55. The number of hydrogen-bond acceptors (Lipinski definition) is 4. The maximum atomic E-state index is 13.8. The van der Waals surface area contributed by atoms with E-state index in [4.69, 9.17) is 4.74 Å². The smallest absolute Gasteiger partial charge is 0.254 e. The Bertz CT molecular complexity index is 771. The Hall–Kier alpha value is -1.70. The second-order valence-electron chi connectivity index (χ2n) is 8.25. The molecule has 0 aromatic heterocycles. The van der Waals surface area contributed by atoms with E-state index in [0.29, 0.717) is 32.5 Å². The summed E-state index contributed by atoms with van der Waals surface area (Å²) < 4.78 is 19.6. The zero-order valence-corrected chi connectivity index (χ0v) is 17.7. The van der Waals surface area contributed by atoms with Crippen molar-refractivity contribution in [2.24, 2.45) is 11.8 Å². The van der Waals surface area contributed by atoms with Gasteiger partial charge in [0.1, 0.15) is 11.4 Å². The largest absolute Gasteiger partial charge is 0.368 e. The van der Waals surface area contributed by atoms with E-state index in [1.54, 1.807) is 20.1 Å². The van der Waals surface area contributed by atoms with Crippen molar-refractivity contribution in [3.05, 3.63) is 35.6 Å². The van der Waals surface area contributed by atoms with Crippen LogP contribution in [0.3, 0.4) is 0 Å². The van der Waals surface area contributed by atoms with Crippen molar-refractivity contribution in [2.45, 2.75) is 31.4 Å². The number of nitrogens with zero attached hydrogens (tertiary/aromatic N) is 2. The van der Waals surface area contributed by atoms with Gasteiger partial charge < -0.3 is 19.9 Å². The molecule has 160 valence electrons. The van der Waals surface area contributed by atoms with E-state index >= 15 is 0 Å². The fourth-order valence-electron chi connectivity index (χ4n) is 5.28. The Morgan fingerprint density at radius 2 is 1.93 bits per heavy atom. The van der Waals surface area contributed by atoms with E-state index in [2.05, 4.69) is 5.32 Å². The molecular weight excluding hydrogens is 397 g/mol. The molecule has 1 N–H and O–H groups in total. The first kappa shape index (κ1) is 22.0. The van der Waals surface area contributed by atoms with Crippen LogP contribution in [-0.2, 0) is 14.3 Å². The van der Waals surface area contributed by atoms with Crippen LogP contribution < -0.4 is 5.32 Å². The fourth-order valence-corrected chi connectivity index (χ4v) is 5.28. The normalized spacial score (nSPS) is 28.0.